The van der Waals surface area contributed by atoms with Gasteiger partial charge in [-0.15, -0.1) is 10.2 Å². The van der Waals surface area contributed by atoms with E-state index >= 15 is 0 Å². The lowest BCUT2D eigenvalue weighted by Gasteiger charge is -2.08. The topological polar surface area (TPSA) is 130 Å². The number of anilines is 3. The van der Waals surface area contributed by atoms with E-state index in [1.54, 1.807) is 42.5 Å². The molecule has 26 heavy (non-hydrogen) atoms. The maximum Gasteiger partial charge on any atom is 0.409 e. The lowest BCUT2D eigenvalue weighted by Crippen LogP contribution is -2.12. The molecule has 0 aliphatic rings. The van der Waals surface area contributed by atoms with Crippen molar-refractivity contribution in [2.24, 2.45) is 0 Å². The molecular formula is C16H13N5O3S2. The molecular weight excluding hydrogens is 374 g/mol. The molecule has 5 N–H and O–H groups in total. The second-order valence-electron chi connectivity index (χ2n) is 5.01. The molecule has 3 rings (SSSR count). The molecule has 0 fully saturated rings. The minimum absolute atomic E-state index is 0.311. The van der Waals surface area contributed by atoms with E-state index in [0.29, 0.717) is 22.1 Å². The molecule has 0 atom stereocenters. The zero-order valence-electron chi connectivity index (χ0n) is 13.2. The van der Waals surface area contributed by atoms with Crippen LogP contribution in [-0.4, -0.2) is 27.3 Å². The summed E-state index contributed by atoms with van der Waals surface area (Å²) in [6, 6.07) is 11.9. The van der Waals surface area contributed by atoms with E-state index in [-0.39, 0.29) is 5.91 Å². The summed E-state index contributed by atoms with van der Waals surface area (Å²) < 4.78 is 0. The normalized spacial score (nSPS) is 10.3. The molecule has 0 unspecified atom stereocenters. The lowest BCUT2D eigenvalue weighted by molar-refractivity contribution is 0.102. The SMILES string of the molecule is Nc1cc(C(=O)Nc2nncs2)ccc1Sc1ccc(NC(=O)O)cc1. The summed E-state index contributed by atoms with van der Waals surface area (Å²) in [5.41, 5.74) is 8.96. The molecule has 0 saturated carbocycles. The summed E-state index contributed by atoms with van der Waals surface area (Å²) in [4.78, 5) is 24.4. The predicted molar refractivity (Wildman–Crippen MR) is 101 cm³/mol. The van der Waals surface area contributed by atoms with Crippen molar-refractivity contribution in [1.29, 1.82) is 0 Å². The third-order valence-corrected chi connectivity index (χ3v) is 4.89. The Morgan fingerprint density at radius 3 is 2.50 bits per heavy atom. The fourth-order valence-electron chi connectivity index (χ4n) is 2.04. The van der Waals surface area contributed by atoms with Crippen LogP contribution in [0.5, 0.6) is 0 Å². The van der Waals surface area contributed by atoms with Crippen LogP contribution in [0.2, 0.25) is 0 Å². The minimum atomic E-state index is -1.11. The first-order valence-electron chi connectivity index (χ1n) is 7.26. The number of nitrogens with two attached hydrogens (primary N) is 1. The number of carbonyl (C=O) groups excluding carboxylic acids is 1. The molecule has 3 aromatic rings. The van der Waals surface area contributed by atoms with Crippen LogP contribution >= 0.6 is 23.1 Å². The summed E-state index contributed by atoms with van der Waals surface area (Å²) in [5.74, 6) is -0.311. The van der Waals surface area contributed by atoms with E-state index in [9.17, 15) is 9.59 Å². The largest absolute Gasteiger partial charge is 0.465 e. The van der Waals surface area contributed by atoms with E-state index < -0.39 is 6.09 Å². The zero-order valence-corrected chi connectivity index (χ0v) is 14.8. The molecule has 1 aromatic heterocycles. The van der Waals surface area contributed by atoms with Crippen molar-refractivity contribution in [3.63, 3.8) is 0 Å². The summed E-state index contributed by atoms with van der Waals surface area (Å²) >= 11 is 2.64. The molecule has 132 valence electrons. The number of nitrogen functional groups attached to an aromatic ring is 1. The van der Waals surface area contributed by atoms with Crippen LogP contribution in [-0.2, 0) is 0 Å². The molecule has 0 spiro atoms. The van der Waals surface area contributed by atoms with Crippen LogP contribution in [0.1, 0.15) is 10.4 Å². The van der Waals surface area contributed by atoms with Gasteiger partial charge < -0.3 is 10.8 Å². The van der Waals surface area contributed by atoms with Gasteiger partial charge in [-0.25, -0.2) is 4.79 Å². The van der Waals surface area contributed by atoms with Crippen molar-refractivity contribution >= 4 is 51.6 Å². The van der Waals surface area contributed by atoms with E-state index in [0.717, 1.165) is 9.79 Å². The van der Waals surface area contributed by atoms with Crippen LogP contribution in [0.3, 0.4) is 0 Å². The van der Waals surface area contributed by atoms with Gasteiger partial charge in [-0.2, -0.15) is 0 Å². The van der Waals surface area contributed by atoms with Gasteiger partial charge in [-0.1, -0.05) is 23.1 Å². The van der Waals surface area contributed by atoms with Crippen LogP contribution in [0.15, 0.2) is 57.8 Å². The number of amides is 2. The zero-order chi connectivity index (χ0) is 18.5. The van der Waals surface area contributed by atoms with E-state index in [4.69, 9.17) is 10.8 Å². The first-order chi connectivity index (χ1) is 12.5. The molecule has 8 nitrogen and oxygen atoms in total. The molecule has 10 heteroatoms. The van der Waals surface area contributed by atoms with Crippen LogP contribution in [0.25, 0.3) is 0 Å². The smallest absolute Gasteiger partial charge is 0.409 e. The Morgan fingerprint density at radius 1 is 1.12 bits per heavy atom. The van der Waals surface area contributed by atoms with Gasteiger partial charge in [-0.3, -0.25) is 15.4 Å². The first kappa shape index (κ1) is 17.7. The molecule has 0 bridgehead atoms. The van der Waals surface area contributed by atoms with E-state index in [1.165, 1.54) is 28.6 Å². The molecule has 0 aliphatic carbocycles. The highest BCUT2D eigenvalue weighted by Gasteiger charge is 2.11. The minimum Gasteiger partial charge on any atom is -0.465 e. The Hall–Kier alpha value is -3.11. The highest BCUT2D eigenvalue weighted by molar-refractivity contribution is 7.99. The maximum absolute atomic E-state index is 12.2. The quantitative estimate of drug-likeness (QED) is 0.492. The van der Waals surface area contributed by atoms with Gasteiger partial charge in [0.2, 0.25) is 5.13 Å². The summed E-state index contributed by atoms with van der Waals surface area (Å²) in [6.07, 6.45) is -1.11. The first-order valence-corrected chi connectivity index (χ1v) is 8.96. The van der Waals surface area contributed by atoms with Crippen molar-refractivity contribution in [3.8, 4) is 0 Å². The number of benzene rings is 2. The van der Waals surface area contributed by atoms with Gasteiger partial charge >= 0.3 is 6.09 Å². The third-order valence-electron chi connectivity index (χ3n) is 3.19. The van der Waals surface area contributed by atoms with E-state index in [2.05, 4.69) is 20.8 Å². The van der Waals surface area contributed by atoms with Gasteiger partial charge in [0.1, 0.15) is 5.51 Å². The molecule has 0 radical (unpaired) electrons. The highest BCUT2D eigenvalue weighted by atomic mass is 32.2. The second-order valence-corrected chi connectivity index (χ2v) is 6.96. The molecule has 0 saturated heterocycles. The Kier molecular flexibility index (Phi) is 5.34. The van der Waals surface area contributed by atoms with E-state index in [1.807, 2.05) is 0 Å². The average Bonchev–Trinajstić information content (AvgIpc) is 3.11. The number of hydrogen-bond acceptors (Lipinski definition) is 7. The summed E-state index contributed by atoms with van der Waals surface area (Å²) in [7, 11) is 0. The number of hydrogen-bond donors (Lipinski definition) is 4. The number of nitrogens with one attached hydrogen (secondary N) is 2. The second kappa shape index (κ2) is 7.85. The predicted octanol–water partition coefficient (Wildman–Crippen LogP) is 3.61. The van der Waals surface area contributed by atoms with Gasteiger partial charge in [0, 0.05) is 26.7 Å². The molecule has 2 aromatic carbocycles. The third kappa shape index (κ3) is 4.49. The van der Waals surface area contributed by atoms with Crippen molar-refractivity contribution in [3.05, 3.63) is 53.5 Å². The van der Waals surface area contributed by atoms with Crippen LogP contribution in [0, 0.1) is 0 Å². The van der Waals surface area contributed by atoms with Crippen molar-refractivity contribution in [2.75, 3.05) is 16.4 Å². The summed E-state index contributed by atoms with van der Waals surface area (Å²) in [6.45, 7) is 0. The Morgan fingerprint density at radius 2 is 1.88 bits per heavy atom. The monoisotopic (exact) mass is 387 g/mol. The van der Waals surface area contributed by atoms with Gasteiger partial charge in [-0.05, 0) is 42.5 Å². The highest BCUT2D eigenvalue weighted by Crippen LogP contribution is 2.33. The van der Waals surface area contributed by atoms with Gasteiger partial charge in [0.15, 0.2) is 0 Å². The Balaban J connectivity index is 1.69. The number of carboxylic acid groups (broad SMARTS) is 1. The van der Waals surface area contributed by atoms with Gasteiger partial charge in [0.05, 0.1) is 0 Å². The number of rotatable bonds is 5. The van der Waals surface area contributed by atoms with Crippen molar-refractivity contribution < 1.29 is 14.7 Å². The van der Waals surface area contributed by atoms with Crippen molar-refractivity contribution in [1.82, 2.24) is 10.2 Å². The van der Waals surface area contributed by atoms with Crippen molar-refractivity contribution in [2.45, 2.75) is 9.79 Å². The number of nitrogens with zero attached hydrogens (tertiary/aromatic N) is 2. The number of carbonyl (C=O) groups is 2. The average molecular weight is 387 g/mol. The fraction of sp³-hybridized carbons (Fsp3) is 0. The molecule has 0 aliphatic heterocycles. The molecule has 2 amide bonds. The standard InChI is InChI=1S/C16H13N5O3S2/c17-12-7-9(14(22)20-15-21-18-8-25-15)1-6-13(12)26-11-4-2-10(3-5-11)19-16(23)24/h1-8,19H,17H2,(H,23,24)(H,20,21,22). The van der Waals surface area contributed by atoms with Gasteiger partial charge in [0.25, 0.3) is 5.91 Å². The Bertz CT molecular complexity index is 930. The Labute approximate surface area is 156 Å². The van der Waals surface area contributed by atoms with Crippen LogP contribution in [0.4, 0.5) is 21.3 Å². The molecule has 1 heterocycles. The summed E-state index contributed by atoms with van der Waals surface area (Å²) in [5, 5.41) is 21.4. The maximum atomic E-state index is 12.2. The fourth-order valence-corrected chi connectivity index (χ4v) is 3.32. The number of aromatic nitrogens is 2. The lowest BCUT2D eigenvalue weighted by atomic mass is 10.2. The van der Waals surface area contributed by atoms with Crippen LogP contribution < -0.4 is 16.4 Å².